The van der Waals surface area contributed by atoms with E-state index in [1.165, 1.54) is 19.1 Å². The molecule has 0 aliphatic heterocycles. The lowest BCUT2D eigenvalue weighted by atomic mass is 10.1. The van der Waals surface area contributed by atoms with Crippen LogP contribution in [-0.4, -0.2) is 19.9 Å². The molecule has 0 unspecified atom stereocenters. The zero-order valence-electron chi connectivity index (χ0n) is 11.3. The molecule has 6 heteroatoms. The first-order valence-electron chi connectivity index (χ1n) is 6.14. The second-order valence-electron chi connectivity index (χ2n) is 4.21. The van der Waals surface area contributed by atoms with Gasteiger partial charge < -0.3 is 0 Å². The molecule has 0 aliphatic rings. The third-order valence-corrected chi connectivity index (χ3v) is 3.79. The molecule has 0 aliphatic carbocycles. The van der Waals surface area contributed by atoms with Crippen LogP contribution in [0.4, 0.5) is 0 Å². The van der Waals surface area contributed by atoms with E-state index in [1.807, 2.05) is 0 Å². The highest BCUT2D eigenvalue weighted by Crippen LogP contribution is 2.12. The van der Waals surface area contributed by atoms with Crippen molar-refractivity contribution < 1.29 is 17.5 Å². The lowest BCUT2D eigenvalue weighted by Gasteiger charge is -2.03. The summed E-state index contributed by atoms with van der Waals surface area (Å²) in [4.78, 5) is 12.0. The summed E-state index contributed by atoms with van der Waals surface area (Å²) < 4.78 is 28.3. The minimum atomic E-state index is -4.01. The van der Waals surface area contributed by atoms with Gasteiger partial charge in [0.2, 0.25) is 5.78 Å². The Balaban J connectivity index is 2.16. The molecule has 2 aromatic rings. The number of hydrogen-bond donors (Lipinski definition) is 0. The van der Waals surface area contributed by atoms with Crippen molar-refractivity contribution in [1.29, 1.82) is 0 Å². The van der Waals surface area contributed by atoms with Crippen LogP contribution in [-0.2, 0) is 14.4 Å². The number of oxime groups is 1. The van der Waals surface area contributed by atoms with E-state index >= 15 is 0 Å². The van der Waals surface area contributed by atoms with E-state index in [0.29, 0.717) is 5.56 Å². The van der Waals surface area contributed by atoms with Gasteiger partial charge in [0.15, 0.2) is 0 Å². The maximum absolute atomic E-state index is 12.0. The van der Waals surface area contributed by atoms with E-state index in [0.717, 1.165) is 0 Å². The molecule has 0 bridgehead atoms. The van der Waals surface area contributed by atoms with Crippen LogP contribution in [0.3, 0.4) is 0 Å². The minimum Gasteiger partial charge on any atom is -0.287 e. The number of nitrogens with zero attached hydrogens (tertiary/aromatic N) is 1. The third-order valence-electron chi connectivity index (χ3n) is 2.67. The van der Waals surface area contributed by atoms with Crippen LogP contribution >= 0.6 is 0 Å². The summed E-state index contributed by atoms with van der Waals surface area (Å²) in [7, 11) is -4.01. The largest absolute Gasteiger partial charge is 0.358 e. The fourth-order valence-electron chi connectivity index (χ4n) is 1.58. The van der Waals surface area contributed by atoms with Gasteiger partial charge in [-0.05, 0) is 19.1 Å². The molecule has 0 N–H and O–H groups in total. The molecule has 2 rings (SSSR count). The molecule has 2 aromatic carbocycles. The van der Waals surface area contributed by atoms with Gasteiger partial charge in [-0.15, -0.1) is 0 Å². The lowest BCUT2D eigenvalue weighted by Crippen LogP contribution is -2.12. The predicted molar refractivity (Wildman–Crippen MR) is 78.6 cm³/mol. The molecule has 0 amide bonds. The van der Waals surface area contributed by atoms with Gasteiger partial charge >= 0.3 is 10.1 Å². The van der Waals surface area contributed by atoms with Gasteiger partial charge in [0.25, 0.3) is 0 Å². The molecule has 0 saturated carbocycles. The van der Waals surface area contributed by atoms with Crippen molar-refractivity contribution in [2.75, 3.05) is 0 Å². The Hall–Kier alpha value is -2.47. The summed E-state index contributed by atoms with van der Waals surface area (Å²) in [5, 5.41) is 3.43. The van der Waals surface area contributed by atoms with Gasteiger partial charge in [0.1, 0.15) is 10.6 Å². The van der Waals surface area contributed by atoms with Gasteiger partial charge in [0, 0.05) is 5.56 Å². The van der Waals surface area contributed by atoms with E-state index in [4.69, 9.17) is 0 Å². The van der Waals surface area contributed by atoms with Crippen molar-refractivity contribution >= 4 is 21.6 Å². The van der Waals surface area contributed by atoms with Gasteiger partial charge in [0.05, 0.1) is 0 Å². The average Bonchev–Trinajstić information content (AvgIpc) is 2.53. The molecule has 0 heterocycles. The summed E-state index contributed by atoms with van der Waals surface area (Å²) in [5.74, 6) is -0.390. The van der Waals surface area contributed by atoms with E-state index in [9.17, 15) is 13.2 Å². The minimum absolute atomic E-state index is 0.0197. The molecule has 0 aromatic heterocycles. The maximum atomic E-state index is 12.0. The van der Waals surface area contributed by atoms with E-state index < -0.39 is 10.1 Å². The fourth-order valence-corrected chi connectivity index (χ4v) is 2.36. The molecule has 0 atom stereocenters. The Morgan fingerprint density at radius 3 is 2.05 bits per heavy atom. The lowest BCUT2D eigenvalue weighted by molar-refractivity contribution is 0.106. The fraction of sp³-hybridized carbons (Fsp3) is 0.0667. The second kappa shape index (κ2) is 6.32. The van der Waals surface area contributed by atoms with Gasteiger partial charge in [-0.25, -0.2) is 0 Å². The number of ketones is 1. The Morgan fingerprint density at radius 1 is 0.952 bits per heavy atom. The summed E-state index contributed by atoms with van der Waals surface area (Å²) in [6, 6.07) is 16.0. The number of benzene rings is 2. The Morgan fingerprint density at radius 2 is 1.48 bits per heavy atom. The smallest absolute Gasteiger partial charge is 0.287 e. The number of carbonyl (C=O) groups excluding carboxylic acids is 1. The summed E-state index contributed by atoms with van der Waals surface area (Å²) in [6.45, 7) is 1.40. The molecule has 5 nitrogen and oxygen atoms in total. The van der Waals surface area contributed by atoms with Crippen molar-refractivity contribution in [1.82, 2.24) is 0 Å². The normalized spacial score (nSPS) is 12.0. The molecule has 0 fully saturated rings. The van der Waals surface area contributed by atoms with Crippen LogP contribution in [0, 0.1) is 0 Å². The summed E-state index contributed by atoms with van der Waals surface area (Å²) in [5.41, 5.74) is 0.375. The number of carbonyl (C=O) groups is 1. The van der Waals surface area contributed by atoms with E-state index in [1.54, 1.807) is 48.5 Å². The van der Waals surface area contributed by atoms with Crippen molar-refractivity contribution in [3.63, 3.8) is 0 Å². The van der Waals surface area contributed by atoms with E-state index in [2.05, 4.69) is 9.44 Å². The third kappa shape index (κ3) is 3.76. The van der Waals surface area contributed by atoms with Crippen molar-refractivity contribution in [2.24, 2.45) is 5.16 Å². The maximum Gasteiger partial charge on any atom is 0.358 e. The number of Topliss-reactive ketones (excluding diaryl/α,β-unsaturated/α-hetero) is 1. The van der Waals surface area contributed by atoms with Crippen LogP contribution in [0.5, 0.6) is 0 Å². The first-order chi connectivity index (χ1) is 10.0. The van der Waals surface area contributed by atoms with Crippen molar-refractivity contribution in [3.8, 4) is 0 Å². The first-order valence-corrected chi connectivity index (χ1v) is 7.54. The highest BCUT2D eigenvalue weighted by molar-refractivity contribution is 7.86. The average molecular weight is 303 g/mol. The quantitative estimate of drug-likeness (QED) is 0.483. The predicted octanol–water partition coefficient (Wildman–Crippen LogP) is 2.65. The van der Waals surface area contributed by atoms with Crippen LogP contribution in [0.2, 0.25) is 0 Å². The topological polar surface area (TPSA) is 72.8 Å². The highest BCUT2D eigenvalue weighted by atomic mass is 32.2. The summed E-state index contributed by atoms with van der Waals surface area (Å²) >= 11 is 0. The highest BCUT2D eigenvalue weighted by Gasteiger charge is 2.16. The molecule has 0 radical (unpaired) electrons. The van der Waals surface area contributed by atoms with E-state index in [-0.39, 0.29) is 16.4 Å². The van der Waals surface area contributed by atoms with Gasteiger partial charge in [-0.2, -0.15) is 8.42 Å². The van der Waals surface area contributed by atoms with Crippen molar-refractivity contribution in [3.05, 3.63) is 66.2 Å². The Kier molecular flexibility index (Phi) is 4.49. The molecule has 0 saturated heterocycles. The monoisotopic (exact) mass is 303 g/mol. The van der Waals surface area contributed by atoms with Crippen LogP contribution in [0.1, 0.15) is 17.3 Å². The number of rotatable bonds is 5. The molecular formula is C15H13NO4S. The second-order valence-corrected chi connectivity index (χ2v) is 5.74. The molecule has 0 spiro atoms. The van der Waals surface area contributed by atoms with Crippen molar-refractivity contribution in [2.45, 2.75) is 11.8 Å². The van der Waals surface area contributed by atoms with Crippen LogP contribution in [0.15, 0.2) is 70.7 Å². The standard InChI is InChI=1S/C15H13NO4S/c1-12(15(17)13-8-4-2-5-9-13)16-20-21(18,19)14-10-6-3-7-11-14/h2-11H,1H3. The zero-order valence-corrected chi connectivity index (χ0v) is 12.1. The Labute approximate surface area is 123 Å². The number of hydrogen-bond acceptors (Lipinski definition) is 5. The zero-order chi connectivity index (χ0) is 15.3. The SMILES string of the molecule is CC(=NOS(=O)(=O)c1ccccc1)C(=O)c1ccccc1. The Bertz CT molecular complexity index is 753. The van der Waals surface area contributed by atoms with Crippen LogP contribution < -0.4 is 0 Å². The van der Waals surface area contributed by atoms with Gasteiger partial charge in [-0.1, -0.05) is 53.7 Å². The van der Waals surface area contributed by atoms with Crippen LogP contribution in [0.25, 0.3) is 0 Å². The molecular weight excluding hydrogens is 290 g/mol. The first kappa shape index (κ1) is 14.9. The molecule has 21 heavy (non-hydrogen) atoms. The van der Waals surface area contributed by atoms with Gasteiger partial charge in [-0.3, -0.25) is 9.08 Å². The molecule has 108 valence electrons. The summed E-state index contributed by atoms with van der Waals surface area (Å²) in [6.07, 6.45) is 0.